The van der Waals surface area contributed by atoms with E-state index in [9.17, 15) is 0 Å². The smallest absolute Gasteiger partial charge is 0.400 e. The molecule has 126 valence electrons. The molecule has 1 aliphatic rings. The van der Waals surface area contributed by atoms with Crippen molar-refractivity contribution in [1.29, 1.82) is 0 Å². The minimum atomic E-state index is -0.259. The summed E-state index contributed by atoms with van der Waals surface area (Å²) in [6.45, 7) is 15.1. The number of allylic oxidation sites excluding steroid dienone is 1. The van der Waals surface area contributed by atoms with Crippen LogP contribution in [0.3, 0.4) is 0 Å². The zero-order chi connectivity index (χ0) is 17.3. The summed E-state index contributed by atoms with van der Waals surface area (Å²) in [6.07, 6.45) is 4.21. The molecule has 0 N–H and O–H groups in total. The van der Waals surface area contributed by atoms with Gasteiger partial charge in [-0.05, 0) is 57.1 Å². The van der Waals surface area contributed by atoms with Gasteiger partial charge < -0.3 is 9.31 Å². The van der Waals surface area contributed by atoms with E-state index in [0.717, 1.165) is 12.8 Å². The molecule has 0 spiro atoms. The molecule has 0 aliphatic carbocycles. The third-order valence-electron chi connectivity index (χ3n) is 4.98. The van der Waals surface area contributed by atoms with E-state index in [4.69, 9.17) is 9.31 Å². The van der Waals surface area contributed by atoms with Gasteiger partial charge in [0.25, 0.3) is 0 Å². The van der Waals surface area contributed by atoms with Crippen LogP contribution in [0.5, 0.6) is 0 Å². The van der Waals surface area contributed by atoms with Crippen molar-refractivity contribution in [1.82, 2.24) is 0 Å². The Morgan fingerprint density at radius 3 is 1.96 bits per heavy atom. The molecule has 0 atom stereocenters. The highest BCUT2D eigenvalue weighted by Gasteiger charge is 2.49. The van der Waals surface area contributed by atoms with Gasteiger partial charge in [-0.2, -0.15) is 0 Å². The Morgan fingerprint density at radius 1 is 0.957 bits per heavy atom. The third-order valence-corrected chi connectivity index (χ3v) is 4.98. The van der Waals surface area contributed by atoms with Gasteiger partial charge in [-0.1, -0.05) is 57.1 Å². The fourth-order valence-electron chi connectivity index (χ4n) is 2.60. The maximum Gasteiger partial charge on any atom is 0.486 e. The van der Waals surface area contributed by atoms with Crippen LogP contribution in [0.1, 0.15) is 66.0 Å². The second kappa shape index (κ2) is 6.45. The van der Waals surface area contributed by atoms with Crippen molar-refractivity contribution in [2.45, 2.75) is 77.9 Å². The number of benzene rings is 1. The van der Waals surface area contributed by atoms with Crippen LogP contribution in [0.25, 0.3) is 0 Å². The summed E-state index contributed by atoms with van der Waals surface area (Å²) in [7, 11) is -0.233. The van der Waals surface area contributed by atoms with Gasteiger partial charge in [-0.25, -0.2) is 0 Å². The van der Waals surface area contributed by atoms with Crippen LogP contribution in [-0.4, -0.2) is 18.3 Å². The monoisotopic (exact) mass is 314 g/mol. The Hall–Kier alpha value is -1.06. The first-order chi connectivity index (χ1) is 10.5. The Labute approximate surface area is 142 Å². The van der Waals surface area contributed by atoms with Crippen molar-refractivity contribution in [2.75, 3.05) is 0 Å². The standard InChI is InChI=1S/C20H31BO2/c1-18(2,3)17-13-11-16(12-14-17)10-8-9-15-21-22-19(4,5)20(6,7)23-21/h9,11-15H,8,10H2,1-7H3/b15-9+. The second-order valence-electron chi connectivity index (χ2n) is 8.54. The number of aryl methyl sites for hydroxylation is 1. The molecule has 0 unspecified atom stereocenters. The lowest BCUT2D eigenvalue weighted by atomic mass is 9.86. The average molecular weight is 314 g/mol. The molecular weight excluding hydrogens is 283 g/mol. The summed E-state index contributed by atoms with van der Waals surface area (Å²) in [5.41, 5.74) is 2.45. The molecular formula is C20H31BO2. The lowest BCUT2D eigenvalue weighted by Crippen LogP contribution is -2.41. The van der Waals surface area contributed by atoms with Crippen LogP contribution >= 0.6 is 0 Å². The lowest BCUT2D eigenvalue weighted by molar-refractivity contribution is 0.00578. The van der Waals surface area contributed by atoms with Gasteiger partial charge >= 0.3 is 7.12 Å². The first-order valence-electron chi connectivity index (χ1n) is 8.63. The van der Waals surface area contributed by atoms with E-state index in [1.807, 2.05) is 5.98 Å². The van der Waals surface area contributed by atoms with Crippen molar-refractivity contribution in [3.8, 4) is 0 Å². The predicted molar refractivity (Wildman–Crippen MR) is 98.7 cm³/mol. The van der Waals surface area contributed by atoms with Crippen molar-refractivity contribution in [3.05, 3.63) is 47.4 Å². The largest absolute Gasteiger partial charge is 0.486 e. The van der Waals surface area contributed by atoms with Crippen LogP contribution < -0.4 is 0 Å². The van der Waals surface area contributed by atoms with Gasteiger partial charge in [0.15, 0.2) is 0 Å². The molecule has 1 aromatic carbocycles. The van der Waals surface area contributed by atoms with Gasteiger partial charge in [-0.15, -0.1) is 0 Å². The van der Waals surface area contributed by atoms with E-state index in [1.165, 1.54) is 11.1 Å². The minimum absolute atomic E-state index is 0.217. The van der Waals surface area contributed by atoms with Crippen molar-refractivity contribution < 1.29 is 9.31 Å². The molecule has 0 amide bonds. The third kappa shape index (κ3) is 4.48. The lowest BCUT2D eigenvalue weighted by Gasteiger charge is -2.32. The van der Waals surface area contributed by atoms with E-state index >= 15 is 0 Å². The zero-order valence-corrected chi connectivity index (χ0v) is 15.8. The Kier molecular flexibility index (Phi) is 5.13. The zero-order valence-electron chi connectivity index (χ0n) is 15.8. The summed E-state index contributed by atoms with van der Waals surface area (Å²) < 4.78 is 11.9. The van der Waals surface area contributed by atoms with Crippen molar-refractivity contribution >= 4 is 7.12 Å². The van der Waals surface area contributed by atoms with E-state index in [-0.39, 0.29) is 23.7 Å². The predicted octanol–water partition coefficient (Wildman–Crippen LogP) is 5.10. The summed E-state index contributed by atoms with van der Waals surface area (Å²) in [6, 6.07) is 8.97. The maximum atomic E-state index is 5.96. The molecule has 2 nitrogen and oxygen atoms in total. The van der Waals surface area contributed by atoms with Crippen LogP contribution in [0.4, 0.5) is 0 Å². The fourth-order valence-corrected chi connectivity index (χ4v) is 2.60. The summed E-state index contributed by atoms with van der Waals surface area (Å²) in [4.78, 5) is 0. The van der Waals surface area contributed by atoms with Crippen LogP contribution in [0.2, 0.25) is 0 Å². The Balaban J connectivity index is 1.84. The van der Waals surface area contributed by atoms with Gasteiger partial charge in [0, 0.05) is 0 Å². The van der Waals surface area contributed by atoms with E-state index < -0.39 is 0 Å². The maximum absolute atomic E-state index is 5.96. The SMILES string of the molecule is CC(C)(C)c1ccc(CC/C=C/B2OC(C)(C)C(C)(C)O2)cc1. The highest BCUT2D eigenvalue weighted by molar-refractivity contribution is 6.51. The number of rotatable bonds is 4. The topological polar surface area (TPSA) is 18.5 Å². The molecule has 0 aromatic heterocycles. The molecule has 2 rings (SSSR count). The van der Waals surface area contributed by atoms with E-state index in [2.05, 4.69) is 78.8 Å². The molecule has 1 fully saturated rings. The first kappa shape index (κ1) is 18.3. The first-order valence-corrected chi connectivity index (χ1v) is 8.63. The Bertz CT molecular complexity index is 534. The molecule has 1 aliphatic heterocycles. The molecule has 0 bridgehead atoms. The molecule has 0 saturated carbocycles. The van der Waals surface area contributed by atoms with Gasteiger partial charge in [-0.3, -0.25) is 0 Å². The van der Waals surface area contributed by atoms with Crippen molar-refractivity contribution in [3.63, 3.8) is 0 Å². The van der Waals surface area contributed by atoms with Crippen LogP contribution in [0, 0.1) is 0 Å². The normalized spacial score (nSPS) is 20.4. The Morgan fingerprint density at radius 2 is 1.48 bits per heavy atom. The highest BCUT2D eigenvalue weighted by atomic mass is 16.7. The van der Waals surface area contributed by atoms with Crippen LogP contribution in [-0.2, 0) is 21.1 Å². The van der Waals surface area contributed by atoms with Crippen molar-refractivity contribution in [2.24, 2.45) is 0 Å². The van der Waals surface area contributed by atoms with Gasteiger partial charge in [0.2, 0.25) is 0 Å². The van der Waals surface area contributed by atoms with Crippen LogP contribution in [0.15, 0.2) is 36.3 Å². The molecule has 1 aromatic rings. The number of hydrogen-bond acceptors (Lipinski definition) is 2. The highest BCUT2D eigenvalue weighted by Crippen LogP contribution is 2.36. The van der Waals surface area contributed by atoms with Gasteiger partial charge in [0.05, 0.1) is 11.2 Å². The summed E-state index contributed by atoms with van der Waals surface area (Å²) >= 11 is 0. The van der Waals surface area contributed by atoms with Gasteiger partial charge in [0.1, 0.15) is 0 Å². The molecule has 0 radical (unpaired) electrons. The molecule has 1 saturated heterocycles. The second-order valence-corrected chi connectivity index (χ2v) is 8.54. The fraction of sp³-hybridized carbons (Fsp3) is 0.600. The minimum Gasteiger partial charge on any atom is -0.400 e. The summed E-state index contributed by atoms with van der Waals surface area (Å²) in [5.74, 6) is 2.04. The molecule has 23 heavy (non-hydrogen) atoms. The quantitative estimate of drug-likeness (QED) is 0.719. The average Bonchev–Trinajstić information content (AvgIpc) is 2.62. The summed E-state index contributed by atoms with van der Waals surface area (Å²) in [5, 5.41) is 0. The molecule has 1 heterocycles. The van der Waals surface area contributed by atoms with E-state index in [1.54, 1.807) is 0 Å². The number of hydrogen-bond donors (Lipinski definition) is 0. The molecule has 3 heteroatoms. The van der Waals surface area contributed by atoms with E-state index in [0.29, 0.717) is 0 Å².